The van der Waals surface area contributed by atoms with Gasteiger partial charge in [-0.1, -0.05) is 11.3 Å². The van der Waals surface area contributed by atoms with Crippen molar-refractivity contribution in [1.82, 2.24) is 9.47 Å². The van der Waals surface area contributed by atoms with Gasteiger partial charge in [-0.3, -0.25) is 9.59 Å². The van der Waals surface area contributed by atoms with Gasteiger partial charge in [-0.2, -0.15) is 4.99 Å². The van der Waals surface area contributed by atoms with Crippen LogP contribution in [-0.2, 0) is 25.6 Å². The van der Waals surface area contributed by atoms with Crippen molar-refractivity contribution in [3.63, 3.8) is 0 Å². The molecule has 2 aromatic rings. The summed E-state index contributed by atoms with van der Waals surface area (Å²) in [5.41, 5.74) is 1.39. The number of thiazole rings is 1. The summed E-state index contributed by atoms with van der Waals surface area (Å²) in [7, 11) is 0. The second-order valence-electron chi connectivity index (χ2n) is 6.52. The van der Waals surface area contributed by atoms with Crippen molar-refractivity contribution in [3.8, 4) is 0 Å². The Bertz CT molecular complexity index is 992. The van der Waals surface area contributed by atoms with Gasteiger partial charge in [0.25, 0.3) is 5.91 Å². The number of fused-ring (bicyclic) bond motifs is 1. The molecule has 8 nitrogen and oxygen atoms in total. The van der Waals surface area contributed by atoms with Crippen molar-refractivity contribution in [2.45, 2.75) is 20.4 Å². The quantitative estimate of drug-likeness (QED) is 0.598. The van der Waals surface area contributed by atoms with E-state index in [2.05, 4.69) is 4.99 Å². The molecule has 0 bridgehead atoms. The van der Waals surface area contributed by atoms with Gasteiger partial charge >= 0.3 is 5.97 Å². The predicted molar refractivity (Wildman–Crippen MR) is 117 cm³/mol. The lowest BCUT2D eigenvalue weighted by Gasteiger charge is -2.26. The van der Waals surface area contributed by atoms with Gasteiger partial charge < -0.3 is 18.9 Å². The maximum absolute atomic E-state index is 12.4. The minimum Gasteiger partial charge on any atom is -0.462 e. The Labute approximate surface area is 182 Å². The highest BCUT2D eigenvalue weighted by molar-refractivity contribution is 8.00. The third-order valence-electron chi connectivity index (χ3n) is 4.55. The topological polar surface area (TPSA) is 90.2 Å². The Balaban J connectivity index is 1.68. The van der Waals surface area contributed by atoms with Gasteiger partial charge in [0.05, 0.1) is 47.1 Å². The number of amides is 2. The molecule has 1 saturated heterocycles. The first-order valence-electron chi connectivity index (χ1n) is 9.84. The summed E-state index contributed by atoms with van der Waals surface area (Å²) in [5, 5.41) is 0. The highest BCUT2D eigenvalue weighted by Crippen LogP contribution is 2.20. The minimum atomic E-state index is -0.369. The lowest BCUT2D eigenvalue weighted by atomic mass is 10.2. The number of hydrogen-bond acceptors (Lipinski definition) is 7. The molecule has 0 radical (unpaired) electrons. The van der Waals surface area contributed by atoms with Crippen LogP contribution in [-0.4, -0.2) is 71.7 Å². The first-order valence-corrected chi connectivity index (χ1v) is 11.8. The monoisotopic (exact) mass is 451 g/mol. The summed E-state index contributed by atoms with van der Waals surface area (Å²) in [6.45, 7) is 7.03. The molecule has 0 spiro atoms. The molecule has 162 valence electrons. The molecular weight excluding hydrogens is 426 g/mol. The molecule has 10 heteroatoms. The lowest BCUT2D eigenvalue weighted by molar-refractivity contribution is -0.132. The van der Waals surface area contributed by atoms with E-state index in [0.717, 1.165) is 10.2 Å². The number of morpholine rings is 1. The SMILES string of the molecule is CCOC(=O)c1ccc2c(c1)sc(=NC(=O)CSCC(=O)N1CCOCC1)n2CC. The van der Waals surface area contributed by atoms with Gasteiger partial charge in [0.1, 0.15) is 0 Å². The van der Waals surface area contributed by atoms with Crippen LogP contribution in [0.2, 0.25) is 0 Å². The zero-order chi connectivity index (χ0) is 21.5. The molecule has 0 N–H and O–H groups in total. The number of ether oxygens (including phenoxy) is 2. The van der Waals surface area contributed by atoms with Crippen LogP contribution < -0.4 is 4.80 Å². The van der Waals surface area contributed by atoms with Crippen molar-refractivity contribution in [2.24, 2.45) is 4.99 Å². The molecule has 1 fully saturated rings. The molecule has 30 heavy (non-hydrogen) atoms. The molecule has 2 amide bonds. The van der Waals surface area contributed by atoms with Gasteiger partial charge in [-0.25, -0.2) is 4.79 Å². The minimum absolute atomic E-state index is 0.0214. The Kier molecular flexibility index (Phi) is 8.06. The Morgan fingerprint density at radius 2 is 1.97 bits per heavy atom. The summed E-state index contributed by atoms with van der Waals surface area (Å²) < 4.78 is 13.1. The van der Waals surface area contributed by atoms with E-state index in [4.69, 9.17) is 9.47 Å². The number of carbonyl (C=O) groups excluding carboxylic acids is 3. The molecule has 0 atom stereocenters. The van der Waals surface area contributed by atoms with Crippen LogP contribution in [0.3, 0.4) is 0 Å². The fourth-order valence-electron chi connectivity index (χ4n) is 3.07. The van der Waals surface area contributed by atoms with E-state index in [-0.39, 0.29) is 29.3 Å². The van der Waals surface area contributed by atoms with Gasteiger partial charge in [0.15, 0.2) is 4.80 Å². The van der Waals surface area contributed by atoms with Crippen molar-refractivity contribution >= 4 is 51.1 Å². The third kappa shape index (κ3) is 5.50. The van der Waals surface area contributed by atoms with Crippen LogP contribution in [0.4, 0.5) is 0 Å². The largest absolute Gasteiger partial charge is 0.462 e. The number of carbonyl (C=O) groups is 3. The average molecular weight is 452 g/mol. The predicted octanol–water partition coefficient (Wildman–Crippen LogP) is 1.92. The van der Waals surface area contributed by atoms with E-state index in [1.165, 1.54) is 23.1 Å². The number of esters is 1. The fraction of sp³-hybridized carbons (Fsp3) is 0.500. The number of thioether (sulfide) groups is 1. The normalized spacial score (nSPS) is 14.9. The zero-order valence-electron chi connectivity index (χ0n) is 17.1. The molecule has 3 rings (SSSR count). The van der Waals surface area contributed by atoms with E-state index in [0.29, 0.717) is 49.8 Å². The molecule has 1 aromatic heterocycles. The number of benzene rings is 1. The summed E-state index contributed by atoms with van der Waals surface area (Å²) >= 11 is 2.63. The molecule has 0 aliphatic carbocycles. The van der Waals surface area contributed by atoms with Crippen LogP contribution in [0.5, 0.6) is 0 Å². The Hall–Kier alpha value is -2.17. The maximum atomic E-state index is 12.4. The molecule has 0 unspecified atom stereocenters. The van der Waals surface area contributed by atoms with Crippen molar-refractivity contribution in [2.75, 3.05) is 44.4 Å². The second-order valence-corrected chi connectivity index (χ2v) is 8.52. The van der Waals surface area contributed by atoms with Gasteiger partial charge in [0, 0.05) is 19.6 Å². The van der Waals surface area contributed by atoms with E-state index in [1.54, 1.807) is 24.0 Å². The number of aromatic nitrogens is 1. The highest BCUT2D eigenvalue weighted by atomic mass is 32.2. The number of nitrogens with zero attached hydrogens (tertiary/aromatic N) is 3. The maximum Gasteiger partial charge on any atom is 0.338 e. The van der Waals surface area contributed by atoms with E-state index in [1.807, 2.05) is 17.6 Å². The third-order valence-corrected chi connectivity index (χ3v) is 6.49. The average Bonchev–Trinajstić information content (AvgIpc) is 3.10. The number of aryl methyl sites for hydroxylation is 1. The number of hydrogen-bond donors (Lipinski definition) is 0. The molecule has 1 aromatic carbocycles. The summed E-state index contributed by atoms with van der Waals surface area (Å²) in [4.78, 5) is 43.1. The zero-order valence-corrected chi connectivity index (χ0v) is 18.7. The van der Waals surface area contributed by atoms with Gasteiger partial charge in [-0.15, -0.1) is 11.8 Å². The standard InChI is InChI=1S/C20H25N3O5S2/c1-3-23-15-6-5-14(19(26)28-4-2)11-16(15)30-20(23)21-17(24)12-29-13-18(25)22-7-9-27-10-8-22/h5-6,11H,3-4,7-10,12-13H2,1-2H3. The van der Waals surface area contributed by atoms with E-state index < -0.39 is 0 Å². The van der Waals surface area contributed by atoms with Crippen molar-refractivity contribution < 1.29 is 23.9 Å². The van der Waals surface area contributed by atoms with Crippen LogP contribution in [0.25, 0.3) is 10.2 Å². The highest BCUT2D eigenvalue weighted by Gasteiger charge is 2.17. The molecular formula is C20H25N3O5S2. The van der Waals surface area contributed by atoms with Gasteiger partial charge in [0.2, 0.25) is 5.91 Å². The van der Waals surface area contributed by atoms with Crippen molar-refractivity contribution in [3.05, 3.63) is 28.6 Å². The Morgan fingerprint density at radius 3 is 2.67 bits per heavy atom. The summed E-state index contributed by atoms with van der Waals surface area (Å²) in [6, 6.07) is 5.34. The van der Waals surface area contributed by atoms with Crippen LogP contribution in [0, 0.1) is 0 Å². The fourth-order valence-corrected chi connectivity index (χ4v) is 4.92. The number of rotatable bonds is 7. The van der Waals surface area contributed by atoms with E-state index in [9.17, 15) is 14.4 Å². The smallest absolute Gasteiger partial charge is 0.338 e. The molecule has 1 aliphatic heterocycles. The molecule has 1 aliphatic rings. The van der Waals surface area contributed by atoms with Gasteiger partial charge in [-0.05, 0) is 32.0 Å². The van der Waals surface area contributed by atoms with Crippen molar-refractivity contribution in [1.29, 1.82) is 0 Å². The van der Waals surface area contributed by atoms with Crippen LogP contribution in [0.1, 0.15) is 24.2 Å². The first-order chi connectivity index (χ1) is 14.5. The molecule has 0 saturated carbocycles. The first kappa shape index (κ1) is 22.5. The second kappa shape index (κ2) is 10.7. The molecule has 2 heterocycles. The lowest BCUT2D eigenvalue weighted by Crippen LogP contribution is -2.41. The Morgan fingerprint density at radius 1 is 1.20 bits per heavy atom. The van der Waals surface area contributed by atoms with E-state index >= 15 is 0 Å². The summed E-state index contributed by atoms with van der Waals surface area (Å²) in [5.74, 6) is -0.235. The van der Waals surface area contributed by atoms with Crippen LogP contribution >= 0.6 is 23.1 Å². The van der Waals surface area contributed by atoms with Crippen LogP contribution in [0.15, 0.2) is 23.2 Å². The summed E-state index contributed by atoms with van der Waals surface area (Å²) in [6.07, 6.45) is 0.